The maximum atomic E-state index is 9.50. The summed E-state index contributed by atoms with van der Waals surface area (Å²) in [7, 11) is 0. The number of hydrogen-bond donors (Lipinski definition) is 1. The molecular weight excluding hydrogens is 394 g/mol. The molecule has 0 aliphatic heterocycles. The van der Waals surface area contributed by atoms with Gasteiger partial charge in [0.15, 0.2) is 0 Å². The van der Waals surface area contributed by atoms with E-state index in [1.807, 2.05) is 43.3 Å². The molecule has 0 bridgehead atoms. The molecule has 0 radical (unpaired) electrons. The molecule has 0 aliphatic rings. The number of thiophene rings is 1. The molecule has 0 unspecified atom stereocenters. The smallest absolute Gasteiger partial charge is 0.142 e. The third kappa shape index (κ3) is 2.98. The van der Waals surface area contributed by atoms with Crippen LogP contribution in [-0.2, 0) is 0 Å². The number of anilines is 1. The topological polar surface area (TPSA) is 62.7 Å². The molecule has 0 atom stereocenters. The van der Waals surface area contributed by atoms with Crippen molar-refractivity contribution in [1.29, 1.82) is 5.26 Å². The Morgan fingerprint density at radius 3 is 2.70 bits per heavy atom. The fourth-order valence-electron chi connectivity index (χ4n) is 2.48. The van der Waals surface area contributed by atoms with Crippen molar-refractivity contribution < 1.29 is 0 Å². The van der Waals surface area contributed by atoms with E-state index < -0.39 is 0 Å². The quantitative estimate of drug-likeness (QED) is 0.600. The molecule has 2 N–H and O–H groups in total. The molecule has 3 aromatic rings. The largest absolute Gasteiger partial charge is 0.383 e. The molecule has 0 saturated heterocycles. The zero-order valence-corrected chi connectivity index (χ0v) is 15.3. The number of benzene rings is 1. The molecule has 1 aromatic carbocycles. The SMILES string of the molecule is Cc1c(-c2cccc(Cl)c2)nc(N)c(C#N)c1-c1ccc(Br)s1. The van der Waals surface area contributed by atoms with Crippen molar-refractivity contribution in [2.45, 2.75) is 6.92 Å². The standard InChI is InChI=1S/C17H11BrClN3S/c1-9-15(13-5-6-14(18)23-13)12(8-20)17(21)22-16(9)10-3-2-4-11(19)7-10/h2-7H,1H3,(H2,21,22). The Bertz CT molecular complexity index is 943. The molecule has 114 valence electrons. The summed E-state index contributed by atoms with van der Waals surface area (Å²) in [5.74, 6) is 0.229. The van der Waals surface area contributed by atoms with Gasteiger partial charge in [-0.3, -0.25) is 0 Å². The fourth-order valence-corrected chi connectivity index (χ4v) is 4.17. The van der Waals surface area contributed by atoms with E-state index in [1.165, 1.54) is 0 Å². The molecule has 0 amide bonds. The van der Waals surface area contributed by atoms with Crippen LogP contribution in [0, 0.1) is 18.3 Å². The second-order valence-corrected chi connectivity index (χ2v) is 7.85. The number of hydrogen-bond acceptors (Lipinski definition) is 4. The number of pyridine rings is 1. The number of nitriles is 1. The highest BCUT2D eigenvalue weighted by Gasteiger charge is 2.19. The van der Waals surface area contributed by atoms with Crippen LogP contribution in [0.15, 0.2) is 40.2 Å². The molecular formula is C17H11BrClN3S. The lowest BCUT2D eigenvalue weighted by atomic mass is 9.97. The molecule has 2 aromatic heterocycles. The first-order chi connectivity index (χ1) is 11.0. The molecule has 0 saturated carbocycles. The highest BCUT2D eigenvalue weighted by atomic mass is 79.9. The number of nitrogens with two attached hydrogens (primary N) is 1. The summed E-state index contributed by atoms with van der Waals surface area (Å²) in [6.45, 7) is 1.95. The Morgan fingerprint density at radius 1 is 1.30 bits per heavy atom. The molecule has 3 nitrogen and oxygen atoms in total. The molecule has 6 heteroatoms. The van der Waals surface area contributed by atoms with E-state index in [2.05, 4.69) is 27.0 Å². The van der Waals surface area contributed by atoms with Crippen molar-refractivity contribution in [3.63, 3.8) is 0 Å². The van der Waals surface area contributed by atoms with Gasteiger partial charge in [-0.2, -0.15) is 5.26 Å². The second-order valence-electron chi connectivity index (χ2n) is 4.95. The van der Waals surface area contributed by atoms with Gasteiger partial charge < -0.3 is 5.73 Å². The van der Waals surface area contributed by atoms with Crippen molar-refractivity contribution >= 4 is 44.7 Å². The average molecular weight is 405 g/mol. The van der Waals surface area contributed by atoms with Crippen LogP contribution in [-0.4, -0.2) is 4.98 Å². The number of nitrogens with zero attached hydrogens (tertiary/aromatic N) is 2. The van der Waals surface area contributed by atoms with Gasteiger partial charge in [-0.1, -0.05) is 23.7 Å². The van der Waals surface area contributed by atoms with Crippen LogP contribution in [0.25, 0.3) is 21.7 Å². The Morgan fingerprint density at radius 2 is 2.09 bits per heavy atom. The minimum atomic E-state index is 0.229. The highest BCUT2D eigenvalue weighted by molar-refractivity contribution is 9.11. The molecule has 0 fully saturated rings. The summed E-state index contributed by atoms with van der Waals surface area (Å²) in [6, 6.07) is 13.6. The van der Waals surface area contributed by atoms with E-state index in [0.717, 1.165) is 31.0 Å². The molecule has 23 heavy (non-hydrogen) atoms. The van der Waals surface area contributed by atoms with Crippen LogP contribution >= 0.6 is 38.9 Å². The van der Waals surface area contributed by atoms with Crippen molar-refractivity contribution in [2.24, 2.45) is 0 Å². The number of halogens is 2. The van der Waals surface area contributed by atoms with Gasteiger partial charge in [-0.15, -0.1) is 11.3 Å². The molecule has 0 aliphatic carbocycles. The first-order valence-electron chi connectivity index (χ1n) is 6.73. The van der Waals surface area contributed by atoms with Gasteiger partial charge in [0.05, 0.1) is 9.48 Å². The van der Waals surface area contributed by atoms with Gasteiger partial charge in [0.25, 0.3) is 0 Å². The van der Waals surface area contributed by atoms with Gasteiger partial charge >= 0.3 is 0 Å². The van der Waals surface area contributed by atoms with E-state index >= 15 is 0 Å². The summed E-state index contributed by atoms with van der Waals surface area (Å²) >= 11 is 11.1. The maximum absolute atomic E-state index is 9.50. The van der Waals surface area contributed by atoms with Gasteiger partial charge in [0.2, 0.25) is 0 Å². The summed E-state index contributed by atoms with van der Waals surface area (Å²) in [6.07, 6.45) is 0. The highest BCUT2D eigenvalue weighted by Crippen LogP contribution is 2.40. The number of aromatic nitrogens is 1. The Labute approximate surface area is 151 Å². The zero-order valence-electron chi connectivity index (χ0n) is 12.1. The van der Waals surface area contributed by atoms with Crippen LogP contribution in [0.5, 0.6) is 0 Å². The van der Waals surface area contributed by atoms with Gasteiger partial charge in [-0.05, 0) is 52.7 Å². The normalized spacial score (nSPS) is 10.5. The summed E-state index contributed by atoms with van der Waals surface area (Å²) < 4.78 is 0.996. The van der Waals surface area contributed by atoms with Crippen LogP contribution in [0.4, 0.5) is 5.82 Å². The minimum Gasteiger partial charge on any atom is -0.383 e. The van der Waals surface area contributed by atoms with E-state index in [9.17, 15) is 5.26 Å². The predicted molar refractivity (Wildman–Crippen MR) is 99.6 cm³/mol. The van der Waals surface area contributed by atoms with Crippen LogP contribution in [0.1, 0.15) is 11.1 Å². The van der Waals surface area contributed by atoms with E-state index in [-0.39, 0.29) is 5.82 Å². The minimum absolute atomic E-state index is 0.229. The lowest BCUT2D eigenvalue weighted by Crippen LogP contribution is -2.02. The van der Waals surface area contributed by atoms with Gasteiger partial charge in [0.1, 0.15) is 17.5 Å². The van der Waals surface area contributed by atoms with Gasteiger partial charge in [-0.25, -0.2) is 4.98 Å². The van der Waals surface area contributed by atoms with Crippen LogP contribution < -0.4 is 5.73 Å². The van der Waals surface area contributed by atoms with Crippen LogP contribution in [0.3, 0.4) is 0 Å². The lowest BCUT2D eigenvalue weighted by molar-refractivity contribution is 1.26. The Balaban J connectivity index is 2.33. The van der Waals surface area contributed by atoms with Crippen LogP contribution in [0.2, 0.25) is 5.02 Å². The third-order valence-electron chi connectivity index (χ3n) is 3.50. The first kappa shape index (κ1) is 16.0. The van der Waals surface area contributed by atoms with Gasteiger partial charge in [0, 0.05) is 21.0 Å². The molecule has 0 spiro atoms. The first-order valence-corrected chi connectivity index (χ1v) is 8.72. The number of nitrogen functional groups attached to an aromatic ring is 1. The Hall–Kier alpha value is -1.87. The maximum Gasteiger partial charge on any atom is 0.142 e. The average Bonchev–Trinajstić information content (AvgIpc) is 2.94. The van der Waals surface area contributed by atoms with Crippen molar-refractivity contribution in [2.75, 3.05) is 5.73 Å². The summed E-state index contributed by atoms with van der Waals surface area (Å²) in [5.41, 5.74) is 9.80. The second kappa shape index (κ2) is 6.32. The predicted octanol–water partition coefficient (Wildman–Crippen LogP) is 5.66. The van der Waals surface area contributed by atoms with Crippen molar-refractivity contribution in [3.8, 4) is 27.8 Å². The van der Waals surface area contributed by atoms with E-state index in [4.69, 9.17) is 17.3 Å². The lowest BCUT2D eigenvalue weighted by Gasteiger charge is -2.14. The molecule has 3 rings (SSSR count). The third-order valence-corrected chi connectivity index (χ3v) is 5.37. The Kier molecular flexibility index (Phi) is 4.40. The van der Waals surface area contributed by atoms with E-state index in [1.54, 1.807) is 11.3 Å². The fraction of sp³-hybridized carbons (Fsp3) is 0.0588. The van der Waals surface area contributed by atoms with Crippen molar-refractivity contribution in [1.82, 2.24) is 4.98 Å². The number of rotatable bonds is 2. The van der Waals surface area contributed by atoms with Crippen molar-refractivity contribution in [3.05, 3.63) is 56.3 Å². The monoisotopic (exact) mass is 403 g/mol. The summed E-state index contributed by atoms with van der Waals surface area (Å²) in [4.78, 5) is 5.41. The zero-order chi connectivity index (χ0) is 16.6. The van der Waals surface area contributed by atoms with E-state index in [0.29, 0.717) is 10.6 Å². The molecule has 2 heterocycles. The summed E-state index contributed by atoms with van der Waals surface area (Å²) in [5, 5.41) is 10.1.